The first-order valence-electron chi connectivity index (χ1n) is 5.61. The number of amides is 1. The van der Waals surface area contributed by atoms with E-state index in [1.54, 1.807) is 0 Å². The van der Waals surface area contributed by atoms with E-state index >= 15 is 0 Å². The molecule has 1 aromatic rings. The van der Waals surface area contributed by atoms with E-state index in [4.69, 9.17) is 0 Å². The Labute approximate surface area is 103 Å². The van der Waals surface area contributed by atoms with Gasteiger partial charge >= 0.3 is 0 Å². The molecule has 0 saturated heterocycles. The number of hydrogen-bond acceptors (Lipinski definition) is 2. The van der Waals surface area contributed by atoms with E-state index in [0.717, 1.165) is 6.54 Å². The smallest absolute Gasteiger partial charge is 0.217 e. The Hall–Kier alpha value is -1.79. The molecule has 1 rings (SSSR count). The third-order valence-corrected chi connectivity index (χ3v) is 2.20. The van der Waals surface area contributed by atoms with Crippen molar-refractivity contribution in [1.82, 2.24) is 10.2 Å². The molecule has 3 nitrogen and oxygen atoms in total. The normalized spacial score (nSPS) is 9.59. The van der Waals surface area contributed by atoms with Crippen molar-refractivity contribution in [2.24, 2.45) is 0 Å². The Morgan fingerprint density at radius 2 is 2.00 bits per heavy atom. The van der Waals surface area contributed by atoms with Gasteiger partial charge in [-0.05, 0) is 12.6 Å². The molecule has 0 unspecified atom stereocenters. The van der Waals surface area contributed by atoms with Crippen LogP contribution in [0.1, 0.15) is 12.5 Å². The Kier molecular flexibility index (Phi) is 5.84. The van der Waals surface area contributed by atoms with E-state index in [9.17, 15) is 4.79 Å². The standard InChI is InChI=1S/C14H18N2O/c1-13(17)15-10-6-7-11-16(2)12-14-8-4-3-5-9-14/h3-5,8-9H,10-12H2,1-2H3,(H,15,17). The summed E-state index contributed by atoms with van der Waals surface area (Å²) < 4.78 is 0. The lowest BCUT2D eigenvalue weighted by Gasteiger charge is -2.12. The van der Waals surface area contributed by atoms with E-state index in [1.165, 1.54) is 12.5 Å². The fraction of sp³-hybridized carbons (Fsp3) is 0.357. The summed E-state index contributed by atoms with van der Waals surface area (Å²) in [5.74, 6) is 5.89. The van der Waals surface area contributed by atoms with Crippen molar-refractivity contribution in [2.45, 2.75) is 13.5 Å². The number of benzene rings is 1. The summed E-state index contributed by atoms with van der Waals surface area (Å²) in [7, 11) is 2.03. The molecule has 0 spiro atoms. The molecular formula is C14H18N2O. The van der Waals surface area contributed by atoms with Gasteiger partial charge in [0, 0.05) is 13.5 Å². The first-order valence-corrected chi connectivity index (χ1v) is 5.61. The number of nitrogens with zero attached hydrogens (tertiary/aromatic N) is 1. The summed E-state index contributed by atoms with van der Waals surface area (Å²) in [6.07, 6.45) is 0. The van der Waals surface area contributed by atoms with E-state index in [-0.39, 0.29) is 5.91 Å². The Morgan fingerprint density at radius 3 is 2.65 bits per heavy atom. The quantitative estimate of drug-likeness (QED) is 0.790. The predicted octanol–water partition coefficient (Wildman–Crippen LogP) is 1.26. The first-order chi connectivity index (χ1) is 8.18. The molecule has 0 aliphatic carbocycles. The van der Waals surface area contributed by atoms with Crippen LogP contribution in [0.4, 0.5) is 0 Å². The third kappa shape index (κ3) is 6.39. The van der Waals surface area contributed by atoms with Crippen molar-refractivity contribution in [2.75, 3.05) is 20.1 Å². The Bertz CT molecular complexity index is 403. The highest BCUT2D eigenvalue weighted by Gasteiger charge is 1.96. The lowest BCUT2D eigenvalue weighted by Crippen LogP contribution is -2.21. The van der Waals surface area contributed by atoms with Crippen LogP contribution in [0.15, 0.2) is 30.3 Å². The molecule has 17 heavy (non-hydrogen) atoms. The van der Waals surface area contributed by atoms with Gasteiger partial charge in [0.1, 0.15) is 0 Å². The SMILES string of the molecule is CC(=O)NCC#CCN(C)Cc1ccccc1. The summed E-state index contributed by atoms with van der Waals surface area (Å²) in [4.78, 5) is 12.7. The van der Waals surface area contributed by atoms with E-state index < -0.39 is 0 Å². The average Bonchev–Trinajstić information content (AvgIpc) is 2.29. The van der Waals surface area contributed by atoms with Gasteiger partial charge in [0.05, 0.1) is 13.1 Å². The number of carbonyl (C=O) groups excluding carboxylic acids is 1. The summed E-state index contributed by atoms with van der Waals surface area (Å²) in [6.45, 7) is 3.50. The molecule has 1 aromatic carbocycles. The zero-order valence-electron chi connectivity index (χ0n) is 10.4. The lowest BCUT2D eigenvalue weighted by molar-refractivity contribution is -0.118. The maximum Gasteiger partial charge on any atom is 0.217 e. The largest absolute Gasteiger partial charge is 0.345 e. The molecule has 0 fully saturated rings. The Balaban J connectivity index is 2.25. The highest BCUT2D eigenvalue weighted by molar-refractivity contribution is 5.73. The van der Waals surface area contributed by atoms with E-state index in [2.05, 4.69) is 34.2 Å². The van der Waals surface area contributed by atoms with Gasteiger partial charge in [-0.3, -0.25) is 9.69 Å². The van der Waals surface area contributed by atoms with Gasteiger partial charge in [-0.15, -0.1) is 0 Å². The van der Waals surface area contributed by atoms with Gasteiger partial charge in [-0.2, -0.15) is 0 Å². The van der Waals surface area contributed by atoms with Crippen LogP contribution >= 0.6 is 0 Å². The maximum absolute atomic E-state index is 10.6. The monoisotopic (exact) mass is 230 g/mol. The molecule has 0 saturated carbocycles. The summed E-state index contributed by atoms with van der Waals surface area (Å²) in [5, 5.41) is 2.64. The van der Waals surface area contributed by atoms with Crippen LogP contribution < -0.4 is 5.32 Å². The fourth-order valence-electron chi connectivity index (χ4n) is 1.37. The summed E-state index contributed by atoms with van der Waals surface area (Å²) >= 11 is 0. The molecule has 0 aliphatic rings. The molecule has 0 aromatic heterocycles. The maximum atomic E-state index is 10.6. The van der Waals surface area contributed by atoms with Crippen molar-refractivity contribution in [3.8, 4) is 11.8 Å². The summed E-state index contributed by atoms with van der Waals surface area (Å²) in [5.41, 5.74) is 1.28. The molecule has 0 radical (unpaired) electrons. The summed E-state index contributed by atoms with van der Waals surface area (Å²) in [6, 6.07) is 10.3. The number of nitrogens with one attached hydrogen (secondary N) is 1. The van der Waals surface area contributed by atoms with Crippen LogP contribution in [0.2, 0.25) is 0 Å². The molecular weight excluding hydrogens is 212 g/mol. The molecule has 3 heteroatoms. The fourth-order valence-corrected chi connectivity index (χ4v) is 1.37. The van der Waals surface area contributed by atoms with Crippen LogP contribution in [-0.4, -0.2) is 30.9 Å². The molecule has 0 atom stereocenters. The van der Waals surface area contributed by atoms with Gasteiger partial charge < -0.3 is 5.32 Å². The van der Waals surface area contributed by atoms with Crippen molar-refractivity contribution >= 4 is 5.91 Å². The van der Waals surface area contributed by atoms with Crippen molar-refractivity contribution in [3.05, 3.63) is 35.9 Å². The zero-order valence-corrected chi connectivity index (χ0v) is 10.4. The molecule has 0 heterocycles. The van der Waals surface area contributed by atoms with E-state index in [1.807, 2.05) is 25.2 Å². The number of rotatable bonds is 4. The number of hydrogen-bond donors (Lipinski definition) is 1. The van der Waals surface area contributed by atoms with Gasteiger partial charge in [0.15, 0.2) is 0 Å². The third-order valence-electron chi connectivity index (χ3n) is 2.20. The van der Waals surface area contributed by atoms with Gasteiger partial charge in [0.25, 0.3) is 0 Å². The van der Waals surface area contributed by atoms with Crippen LogP contribution in [0.3, 0.4) is 0 Å². The second-order valence-corrected chi connectivity index (χ2v) is 3.92. The minimum absolute atomic E-state index is 0.0445. The molecule has 1 amide bonds. The van der Waals surface area contributed by atoms with Crippen LogP contribution in [0, 0.1) is 11.8 Å². The minimum Gasteiger partial charge on any atom is -0.345 e. The molecule has 90 valence electrons. The van der Waals surface area contributed by atoms with Gasteiger partial charge in [-0.25, -0.2) is 0 Å². The Morgan fingerprint density at radius 1 is 1.29 bits per heavy atom. The van der Waals surface area contributed by atoms with Crippen molar-refractivity contribution < 1.29 is 4.79 Å². The highest BCUT2D eigenvalue weighted by atomic mass is 16.1. The molecule has 1 N–H and O–H groups in total. The average molecular weight is 230 g/mol. The zero-order chi connectivity index (χ0) is 12.5. The first kappa shape index (κ1) is 13.3. The van der Waals surface area contributed by atoms with Crippen LogP contribution in [0.5, 0.6) is 0 Å². The topological polar surface area (TPSA) is 32.3 Å². The van der Waals surface area contributed by atoms with Crippen molar-refractivity contribution in [3.63, 3.8) is 0 Å². The van der Waals surface area contributed by atoms with Crippen LogP contribution in [0.25, 0.3) is 0 Å². The van der Waals surface area contributed by atoms with Crippen molar-refractivity contribution in [1.29, 1.82) is 0 Å². The lowest BCUT2D eigenvalue weighted by atomic mass is 10.2. The second kappa shape index (κ2) is 7.48. The van der Waals surface area contributed by atoms with Gasteiger partial charge in [-0.1, -0.05) is 42.2 Å². The van der Waals surface area contributed by atoms with E-state index in [0.29, 0.717) is 13.1 Å². The highest BCUT2D eigenvalue weighted by Crippen LogP contribution is 2.01. The predicted molar refractivity (Wildman–Crippen MR) is 69.2 cm³/mol. The second-order valence-electron chi connectivity index (χ2n) is 3.92. The molecule has 0 bridgehead atoms. The van der Waals surface area contributed by atoms with Gasteiger partial charge in [0.2, 0.25) is 5.91 Å². The number of carbonyl (C=O) groups is 1. The van der Waals surface area contributed by atoms with Crippen LogP contribution in [-0.2, 0) is 11.3 Å². The molecule has 0 aliphatic heterocycles. The minimum atomic E-state index is -0.0445.